The number of nitrogens with zero attached hydrogens (tertiary/aromatic N) is 1. The van der Waals surface area contributed by atoms with Crippen LogP contribution in [-0.4, -0.2) is 10.9 Å². The molecule has 0 aliphatic carbocycles. The molecule has 146 valence electrons. The zero-order valence-corrected chi connectivity index (χ0v) is 18.4. The molecule has 0 fully saturated rings. The van der Waals surface area contributed by atoms with Crippen molar-refractivity contribution in [1.29, 1.82) is 0 Å². The first-order chi connectivity index (χ1) is 14.0. The summed E-state index contributed by atoms with van der Waals surface area (Å²) in [6.07, 6.45) is 5.74. The van der Waals surface area contributed by atoms with E-state index in [1.165, 1.54) is 34.1 Å². The highest BCUT2D eigenvalue weighted by Gasteiger charge is 2.07. The average Bonchev–Trinajstić information content (AvgIpc) is 3.29. The van der Waals surface area contributed by atoms with Crippen LogP contribution in [0.25, 0.3) is 17.0 Å². The molecule has 0 saturated heterocycles. The van der Waals surface area contributed by atoms with E-state index >= 15 is 0 Å². The minimum absolute atomic E-state index is 0.237. The summed E-state index contributed by atoms with van der Waals surface area (Å²) >= 11 is 4.93. The molecule has 0 atom stereocenters. The minimum Gasteiger partial charge on any atom is -0.457 e. The third kappa shape index (κ3) is 4.83. The fourth-order valence-corrected chi connectivity index (χ4v) is 4.21. The molecular weight excluding hydrogens is 448 g/mol. The number of thiazole rings is 1. The van der Waals surface area contributed by atoms with E-state index in [0.717, 1.165) is 26.7 Å². The van der Waals surface area contributed by atoms with Crippen molar-refractivity contribution in [2.75, 3.05) is 5.32 Å². The Bertz CT molecular complexity index is 1220. The predicted molar refractivity (Wildman–Crippen MR) is 122 cm³/mol. The highest BCUT2D eigenvalue weighted by Crippen LogP contribution is 2.25. The Labute approximate surface area is 181 Å². The Morgan fingerprint density at radius 1 is 1.17 bits per heavy atom. The van der Waals surface area contributed by atoms with Crippen molar-refractivity contribution < 1.29 is 9.21 Å². The van der Waals surface area contributed by atoms with Gasteiger partial charge >= 0.3 is 0 Å². The van der Waals surface area contributed by atoms with Crippen molar-refractivity contribution in [1.82, 2.24) is 4.98 Å². The van der Waals surface area contributed by atoms with Crippen molar-refractivity contribution >= 4 is 55.4 Å². The minimum atomic E-state index is -0.237. The fraction of sp³-hybridized carbons (Fsp3) is 0.130. The number of furan rings is 1. The van der Waals surface area contributed by atoms with Gasteiger partial charge in [0.1, 0.15) is 11.3 Å². The molecule has 4 rings (SSSR count). The van der Waals surface area contributed by atoms with E-state index in [2.05, 4.69) is 58.3 Å². The van der Waals surface area contributed by atoms with Crippen LogP contribution in [0, 0.1) is 13.8 Å². The normalized spacial score (nSPS) is 11.4. The van der Waals surface area contributed by atoms with E-state index in [4.69, 9.17) is 4.42 Å². The molecule has 0 bridgehead atoms. The van der Waals surface area contributed by atoms with Gasteiger partial charge in [0, 0.05) is 33.4 Å². The van der Waals surface area contributed by atoms with Crippen LogP contribution in [0.1, 0.15) is 27.3 Å². The second-order valence-corrected chi connectivity index (χ2v) is 8.91. The second-order valence-electron chi connectivity index (χ2n) is 6.88. The van der Waals surface area contributed by atoms with E-state index in [-0.39, 0.29) is 5.91 Å². The zero-order chi connectivity index (χ0) is 20.4. The number of benzene rings is 2. The van der Waals surface area contributed by atoms with Crippen LogP contribution in [0.3, 0.4) is 0 Å². The molecule has 0 aliphatic rings. The van der Waals surface area contributed by atoms with Crippen LogP contribution in [0.5, 0.6) is 0 Å². The van der Waals surface area contributed by atoms with Gasteiger partial charge in [0.05, 0.1) is 0 Å². The van der Waals surface area contributed by atoms with Gasteiger partial charge < -0.3 is 4.42 Å². The number of amides is 1. The van der Waals surface area contributed by atoms with E-state index in [9.17, 15) is 4.79 Å². The number of rotatable bonds is 5. The first-order valence-electron chi connectivity index (χ1n) is 9.15. The molecule has 1 N–H and O–H groups in total. The van der Waals surface area contributed by atoms with Crippen molar-refractivity contribution in [3.63, 3.8) is 0 Å². The molecule has 1 amide bonds. The van der Waals surface area contributed by atoms with Gasteiger partial charge in [-0.25, -0.2) is 4.98 Å². The topological polar surface area (TPSA) is 55.1 Å². The summed E-state index contributed by atoms with van der Waals surface area (Å²) in [5, 5.41) is 4.39. The zero-order valence-electron chi connectivity index (χ0n) is 16.0. The van der Waals surface area contributed by atoms with Gasteiger partial charge in [0.25, 0.3) is 0 Å². The molecule has 6 heteroatoms. The Balaban J connectivity index is 1.39. The van der Waals surface area contributed by atoms with Gasteiger partial charge in [-0.15, -0.1) is 11.3 Å². The predicted octanol–water partition coefficient (Wildman–Crippen LogP) is 6.51. The lowest BCUT2D eigenvalue weighted by Crippen LogP contribution is -2.06. The Morgan fingerprint density at radius 2 is 2.03 bits per heavy atom. The van der Waals surface area contributed by atoms with E-state index in [1.54, 1.807) is 6.08 Å². The second kappa shape index (κ2) is 8.35. The van der Waals surface area contributed by atoms with Crippen molar-refractivity contribution in [2.24, 2.45) is 0 Å². The van der Waals surface area contributed by atoms with E-state index < -0.39 is 0 Å². The monoisotopic (exact) mass is 466 g/mol. The maximum Gasteiger partial charge on any atom is 0.250 e. The van der Waals surface area contributed by atoms with Gasteiger partial charge in [-0.05, 0) is 60.9 Å². The molecule has 0 aliphatic heterocycles. The van der Waals surface area contributed by atoms with Crippen LogP contribution >= 0.6 is 27.3 Å². The molecule has 0 radical (unpaired) electrons. The van der Waals surface area contributed by atoms with Crippen LogP contribution in [0.4, 0.5) is 5.13 Å². The van der Waals surface area contributed by atoms with Crippen molar-refractivity contribution in [3.8, 4) is 0 Å². The van der Waals surface area contributed by atoms with Gasteiger partial charge in [-0.3, -0.25) is 10.1 Å². The molecule has 0 unspecified atom stereocenters. The summed E-state index contributed by atoms with van der Waals surface area (Å²) < 4.78 is 6.70. The number of carbonyl (C=O) groups is 1. The first-order valence-corrected chi connectivity index (χ1v) is 10.8. The van der Waals surface area contributed by atoms with Crippen LogP contribution in [-0.2, 0) is 11.2 Å². The van der Waals surface area contributed by atoms with Crippen LogP contribution in [0.15, 0.2) is 63.6 Å². The molecule has 4 nitrogen and oxygen atoms in total. The average molecular weight is 467 g/mol. The van der Waals surface area contributed by atoms with E-state index in [0.29, 0.717) is 10.9 Å². The maximum absolute atomic E-state index is 12.2. The Hall–Kier alpha value is -2.70. The summed E-state index contributed by atoms with van der Waals surface area (Å²) in [6, 6.07) is 14.2. The summed E-state index contributed by atoms with van der Waals surface area (Å²) in [6.45, 7) is 4.22. The lowest BCUT2D eigenvalue weighted by atomic mass is 10.0. The lowest BCUT2D eigenvalue weighted by molar-refractivity contribution is -0.111. The van der Waals surface area contributed by atoms with Gasteiger partial charge in [0.2, 0.25) is 5.91 Å². The number of aromatic nitrogens is 1. The summed E-state index contributed by atoms with van der Waals surface area (Å²) in [5.41, 5.74) is 4.59. The third-order valence-electron chi connectivity index (χ3n) is 4.63. The summed E-state index contributed by atoms with van der Waals surface area (Å²) in [5.74, 6) is 0.390. The SMILES string of the molecule is Cc1ccc(Cc2cnc(NC(=O)C=Cc3cc4cc(Br)ccc4o3)s2)cc1C. The molecule has 0 saturated carbocycles. The molecule has 2 aromatic carbocycles. The van der Waals surface area contributed by atoms with Gasteiger partial charge in [-0.1, -0.05) is 34.1 Å². The molecular formula is C23H19BrN2O2S. The number of anilines is 1. The third-order valence-corrected chi connectivity index (χ3v) is 6.04. The standard InChI is InChI=1S/C23H19BrN2O2S/c1-14-3-4-16(9-15(14)2)10-20-13-25-23(29-20)26-22(27)8-6-19-12-17-11-18(24)5-7-21(17)28-19/h3-9,11-13H,10H2,1-2H3,(H,25,26,27). The smallest absolute Gasteiger partial charge is 0.250 e. The highest BCUT2D eigenvalue weighted by atomic mass is 79.9. The van der Waals surface area contributed by atoms with Crippen molar-refractivity contribution in [2.45, 2.75) is 20.3 Å². The number of nitrogens with one attached hydrogen (secondary N) is 1. The van der Waals surface area contributed by atoms with E-state index in [1.807, 2.05) is 30.5 Å². The van der Waals surface area contributed by atoms with Crippen molar-refractivity contribution in [3.05, 3.63) is 86.5 Å². The molecule has 2 heterocycles. The Morgan fingerprint density at radius 3 is 2.86 bits per heavy atom. The largest absolute Gasteiger partial charge is 0.457 e. The number of hydrogen-bond acceptors (Lipinski definition) is 4. The molecule has 0 spiro atoms. The lowest BCUT2D eigenvalue weighted by Gasteiger charge is -2.03. The number of carbonyl (C=O) groups excluding carboxylic acids is 1. The molecule has 4 aromatic rings. The van der Waals surface area contributed by atoms with Gasteiger partial charge in [-0.2, -0.15) is 0 Å². The maximum atomic E-state index is 12.2. The highest BCUT2D eigenvalue weighted by molar-refractivity contribution is 9.10. The number of halogens is 1. The number of hydrogen-bond donors (Lipinski definition) is 1. The quantitative estimate of drug-likeness (QED) is 0.341. The fourth-order valence-electron chi connectivity index (χ4n) is 2.98. The summed E-state index contributed by atoms with van der Waals surface area (Å²) in [7, 11) is 0. The number of aryl methyl sites for hydroxylation is 2. The first kappa shape index (κ1) is 19.6. The van der Waals surface area contributed by atoms with Crippen LogP contribution < -0.4 is 5.32 Å². The summed E-state index contributed by atoms with van der Waals surface area (Å²) in [4.78, 5) is 17.6. The Kier molecular flexibility index (Phi) is 5.65. The molecule has 2 aromatic heterocycles. The molecule has 29 heavy (non-hydrogen) atoms. The van der Waals surface area contributed by atoms with Crippen LogP contribution in [0.2, 0.25) is 0 Å². The van der Waals surface area contributed by atoms with Gasteiger partial charge in [0.15, 0.2) is 5.13 Å². The number of fused-ring (bicyclic) bond motifs is 1.